The van der Waals surface area contributed by atoms with Gasteiger partial charge in [-0.25, -0.2) is 0 Å². The maximum absolute atomic E-state index is 8.49. The van der Waals surface area contributed by atoms with Crippen LogP contribution in [0.4, 0.5) is 0 Å². The van der Waals surface area contributed by atoms with Gasteiger partial charge in [-0.2, -0.15) is 5.26 Å². The largest absolute Gasteiger partial charge is 0.271 e. The number of pyridine rings is 1. The molecule has 1 heterocycles. The molecule has 1 rings (SSSR count). The van der Waals surface area contributed by atoms with Crippen molar-refractivity contribution in [1.29, 1.82) is 5.26 Å². The van der Waals surface area contributed by atoms with Gasteiger partial charge in [0, 0.05) is 16.9 Å². The zero-order valence-corrected chi connectivity index (χ0v) is 7.03. The fourth-order valence-electron chi connectivity index (χ4n) is 0.947. The lowest BCUT2D eigenvalue weighted by Gasteiger charge is -1.96. The van der Waals surface area contributed by atoms with Crippen LogP contribution in [-0.4, -0.2) is 6.61 Å². The molecular weight excluding hydrogens is 152 g/mol. The van der Waals surface area contributed by atoms with Gasteiger partial charge in [0.05, 0.1) is 6.07 Å². The molecule has 0 bridgehead atoms. The topological polar surface area (TPSA) is 36.9 Å². The third kappa shape index (κ3) is 1.96. The first-order chi connectivity index (χ1) is 5.88. The molecule has 12 heavy (non-hydrogen) atoms. The Balaban J connectivity index is 2.85. The van der Waals surface area contributed by atoms with E-state index in [1.54, 1.807) is 10.9 Å². The summed E-state index contributed by atoms with van der Waals surface area (Å²) in [5, 5.41) is 8.49. The van der Waals surface area contributed by atoms with Gasteiger partial charge < -0.3 is 0 Å². The molecule has 0 aliphatic rings. The van der Waals surface area contributed by atoms with E-state index >= 15 is 0 Å². The molecule has 0 aliphatic carbocycles. The molecule has 62 valence electrons. The first-order valence-corrected chi connectivity index (χ1v) is 3.88. The Morgan fingerprint density at radius 2 is 2.42 bits per heavy atom. The van der Waals surface area contributed by atoms with Gasteiger partial charge in [-0.15, -0.1) is 0 Å². The number of nitrogens with zero attached hydrogens (tertiary/aromatic N) is 2. The SMILES string of the molecule is CCO[n+]1ccccc1CC#N. The van der Waals surface area contributed by atoms with Crippen molar-refractivity contribution in [2.24, 2.45) is 0 Å². The Bertz CT molecular complexity index is 291. The van der Waals surface area contributed by atoms with Gasteiger partial charge in [-0.1, -0.05) is 0 Å². The molecule has 0 spiro atoms. The number of rotatable bonds is 3. The lowest BCUT2D eigenvalue weighted by molar-refractivity contribution is -0.895. The Kier molecular flexibility index (Phi) is 3.09. The summed E-state index contributed by atoms with van der Waals surface area (Å²) in [4.78, 5) is 5.26. The molecule has 0 atom stereocenters. The third-order valence-electron chi connectivity index (χ3n) is 1.43. The van der Waals surface area contributed by atoms with Crippen molar-refractivity contribution in [2.45, 2.75) is 13.3 Å². The summed E-state index contributed by atoms with van der Waals surface area (Å²) in [6, 6.07) is 7.72. The summed E-state index contributed by atoms with van der Waals surface area (Å²) in [5.74, 6) is 0. The normalized spacial score (nSPS) is 9.00. The van der Waals surface area contributed by atoms with Gasteiger partial charge in [0.15, 0.2) is 6.61 Å². The molecule has 0 fully saturated rings. The molecule has 0 amide bonds. The van der Waals surface area contributed by atoms with Crippen LogP contribution in [0.15, 0.2) is 24.4 Å². The molecule has 0 saturated carbocycles. The minimum Gasteiger partial charge on any atom is -0.271 e. The van der Waals surface area contributed by atoms with Crippen molar-refractivity contribution in [2.75, 3.05) is 6.61 Å². The first kappa shape index (κ1) is 8.54. The summed E-state index contributed by atoms with van der Waals surface area (Å²) in [6.45, 7) is 2.52. The van der Waals surface area contributed by atoms with Gasteiger partial charge in [-0.3, -0.25) is 4.84 Å². The van der Waals surface area contributed by atoms with Gasteiger partial charge in [0.1, 0.15) is 6.42 Å². The van der Waals surface area contributed by atoms with Crippen molar-refractivity contribution in [3.05, 3.63) is 30.1 Å². The highest BCUT2D eigenvalue weighted by molar-refractivity contribution is 5.01. The molecule has 1 aromatic heterocycles. The van der Waals surface area contributed by atoms with E-state index in [2.05, 4.69) is 6.07 Å². The van der Waals surface area contributed by atoms with Gasteiger partial charge in [-0.05, 0) is 13.0 Å². The smallest absolute Gasteiger partial charge is 0.248 e. The number of nitriles is 1. The molecule has 0 aromatic carbocycles. The second-order valence-electron chi connectivity index (χ2n) is 2.27. The maximum Gasteiger partial charge on any atom is 0.248 e. The van der Waals surface area contributed by atoms with Crippen molar-refractivity contribution in [1.82, 2.24) is 0 Å². The number of aromatic nitrogens is 1. The van der Waals surface area contributed by atoms with Crippen molar-refractivity contribution < 1.29 is 9.57 Å². The number of hydrogen-bond acceptors (Lipinski definition) is 2. The molecule has 0 unspecified atom stereocenters. The molecule has 0 radical (unpaired) electrons. The fourth-order valence-corrected chi connectivity index (χ4v) is 0.947. The minimum absolute atomic E-state index is 0.376. The summed E-state index contributed by atoms with van der Waals surface area (Å²) in [6.07, 6.45) is 2.18. The summed E-state index contributed by atoms with van der Waals surface area (Å²) < 4.78 is 1.63. The fraction of sp³-hybridized carbons (Fsp3) is 0.333. The van der Waals surface area contributed by atoms with Crippen molar-refractivity contribution in [3.8, 4) is 6.07 Å². The van der Waals surface area contributed by atoms with Gasteiger partial charge in [0.25, 0.3) is 0 Å². The lowest BCUT2D eigenvalue weighted by atomic mass is 10.3. The highest BCUT2D eigenvalue weighted by Gasteiger charge is 2.08. The highest BCUT2D eigenvalue weighted by Crippen LogP contribution is 1.90. The molecular formula is C9H11N2O+. The highest BCUT2D eigenvalue weighted by atomic mass is 16.7. The Hall–Kier alpha value is -1.56. The number of hydrogen-bond donors (Lipinski definition) is 0. The van der Waals surface area contributed by atoms with Crippen LogP contribution < -0.4 is 9.57 Å². The third-order valence-corrected chi connectivity index (χ3v) is 1.43. The van der Waals surface area contributed by atoms with Crippen LogP contribution in [0.3, 0.4) is 0 Å². The van der Waals surface area contributed by atoms with Gasteiger partial charge >= 0.3 is 0 Å². The molecule has 0 N–H and O–H groups in total. The summed E-state index contributed by atoms with van der Waals surface area (Å²) in [7, 11) is 0. The van der Waals surface area contributed by atoms with Crippen LogP contribution in [0.5, 0.6) is 0 Å². The average Bonchev–Trinajstić information content (AvgIpc) is 2.09. The minimum atomic E-state index is 0.376. The van der Waals surface area contributed by atoms with Crippen LogP contribution in [0, 0.1) is 11.3 Å². The second kappa shape index (κ2) is 4.35. The van der Waals surface area contributed by atoms with Crippen LogP contribution in [0.1, 0.15) is 12.6 Å². The predicted octanol–water partition coefficient (Wildman–Crippen LogP) is 0.489. The van der Waals surface area contributed by atoms with Crippen molar-refractivity contribution in [3.63, 3.8) is 0 Å². The van der Waals surface area contributed by atoms with E-state index in [0.717, 1.165) is 5.69 Å². The zero-order chi connectivity index (χ0) is 8.81. The zero-order valence-electron chi connectivity index (χ0n) is 7.03. The van der Waals surface area contributed by atoms with E-state index < -0.39 is 0 Å². The van der Waals surface area contributed by atoms with E-state index in [4.69, 9.17) is 10.1 Å². The summed E-state index contributed by atoms with van der Waals surface area (Å²) in [5.41, 5.74) is 0.877. The monoisotopic (exact) mass is 163 g/mol. The van der Waals surface area contributed by atoms with Crippen LogP contribution >= 0.6 is 0 Å². The Labute approximate surface area is 71.8 Å². The van der Waals surface area contributed by atoms with Crippen LogP contribution in [0.25, 0.3) is 0 Å². The second-order valence-corrected chi connectivity index (χ2v) is 2.27. The standard InChI is InChI=1S/C9H11N2O/c1-2-12-11-8-4-3-5-9(11)6-7-10/h3-5,8H,2,6H2,1H3/q+1. The average molecular weight is 163 g/mol. The Morgan fingerprint density at radius 3 is 3.08 bits per heavy atom. The quantitative estimate of drug-likeness (QED) is 0.608. The molecule has 3 heteroatoms. The maximum atomic E-state index is 8.49. The molecule has 3 nitrogen and oxygen atoms in total. The van der Waals surface area contributed by atoms with Crippen LogP contribution in [0.2, 0.25) is 0 Å². The van der Waals surface area contributed by atoms with E-state index in [1.807, 2.05) is 25.1 Å². The van der Waals surface area contributed by atoms with Gasteiger partial charge in [0.2, 0.25) is 11.9 Å². The first-order valence-electron chi connectivity index (χ1n) is 3.88. The molecule has 1 aromatic rings. The lowest BCUT2D eigenvalue weighted by Crippen LogP contribution is -2.45. The molecule has 0 aliphatic heterocycles. The van der Waals surface area contributed by atoms with Crippen molar-refractivity contribution >= 4 is 0 Å². The van der Waals surface area contributed by atoms with Crippen LogP contribution in [-0.2, 0) is 6.42 Å². The van der Waals surface area contributed by atoms with E-state index in [-0.39, 0.29) is 0 Å². The summed E-state index contributed by atoms with van der Waals surface area (Å²) >= 11 is 0. The van der Waals surface area contributed by atoms with E-state index in [9.17, 15) is 0 Å². The Morgan fingerprint density at radius 1 is 1.58 bits per heavy atom. The predicted molar refractivity (Wildman–Crippen MR) is 43.1 cm³/mol. The van der Waals surface area contributed by atoms with E-state index in [1.165, 1.54) is 0 Å². The van der Waals surface area contributed by atoms with E-state index in [0.29, 0.717) is 13.0 Å². The molecule has 0 saturated heterocycles.